The van der Waals surface area contributed by atoms with E-state index >= 15 is 0 Å². The number of aromatic nitrogens is 3. The second kappa shape index (κ2) is 8.50. The number of H-pyrrole nitrogens is 1. The minimum absolute atomic E-state index is 0.0762. The number of carbonyl (C=O) groups excluding carboxylic acids is 1. The number of nitrogens with zero attached hydrogens (tertiary/aromatic N) is 2. The van der Waals surface area contributed by atoms with Crippen LogP contribution in [-0.2, 0) is 17.9 Å². The van der Waals surface area contributed by atoms with Crippen LogP contribution in [0.4, 0.5) is 0 Å². The monoisotopic (exact) mass is 384 g/mol. The Morgan fingerprint density at radius 1 is 1.07 bits per heavy atom. The van der Waals surface area contributed by atoms with Crippen LogP contribution in [0.5, 0.6) is 11.5 Å². The van der Waals surface area contributed by atoms with Crippen molar-refractivity contribution in [2.24, 2.45) is 0 Å². The van der Waals surface area contributed by atoms with Crippen molar-refractivity contribution in [1.29, 1.82) is 0 Å². The van der Waals surface area contributed by atoms with Gasteiger partial charge in [0.05, 0.1) is 14.2 Å². The lowest BCUT2D eigenvalue weighted by molar-refractivity contribution is -0.121. The summed E-state index contributed by atoms with van der Waals surface area (Å²) in [7, 11) is 3.23. The third-order valence-electron chi connectivity index (χ3n) is 4.06. The summed E-state index contributed by atoms with van der Waals surface area (Å²) >= 11 is 5.27. The van der Waals surface area contributed by atoms with Gasteiger partial charge in [-0.25, -0.2) is 0 Å². The lowest BCUT2D eigenvalue weighted by Gasteiger charge is -2.09. The van der Waals surface area contributed by atoms with E-state index in [1.54, 1.807) is 18.8 Å². The summed E-state index contributed by atoms with van der Waals surface area (Å²) < 4.78 is 12.3. The summed E-state index contributed by atoms with van der Waals surface area (Å²) in [5.74, 6) is 1.97. The van der Waals surface area contributed by atoms with Crippen LogP contribution in [0.15, 0.2) is 48.5 Å². The normalized spacial score (nSPS) is 10.4. The van der Waals surface area contributed by atoms with Crippen molar-refractivity contribution in [3.8, 4) is 22.9 Å². The molecular formula is C19H20N4O3S. The Bertz CT molecular complexity index is 962. The molecule has 0 aliphatic rings. The SMILES string of the molecule is COc1ccc(CNC(=O)Cn2c(-c3ccc(OC)cc3)n[nH]c2=S)cc1. The highest BCUT2D eigenvalue weighted by Crippen LogP contribution is 2.20. The van der Waals surface area contributed by atoms with Crippen molar-refractivity contribution in [3.05, 3.63) is 58.9 Å². The minimum Gasteiger partial charge on any atom is -0.497 e. The molecule has 0 saturated heterocycles. The average molecular weight is 384 g/mol. The van der Waals surface area contributed by atoms with Crippen molar-refractivity contribution < 1.29 is 14.3 Å². The molecule has 7 nitrogen and oxygen atoms in total. The Labute approximate surface area is 161 Å². The van der Waals surface area contributed by atoms with Crippen LogP contribution in [-0.4, -0.2) is 34.9 Å². The third-order valence-corrected chi connectivity index (χ3v) is 4.37. The Hall–Kier alpha value is -3.13. The molecule has 0 saturated carbocycles. The Balaban J connectivity index is 1.68. The lowest BCUT2D eigenvalue weighted by Crippen LogP contribution is -2.27. The standard InChI is InChI=1S/C19H20N4O3S/c1-25-15-7-3-13(4-8-15)11-20-17(24)12-23-18(21-22-19(23)27)14-5-9-16(26-2)10-6-14/h3-10H,11-12H2,1-2H3,(H,20,24)(H,22,27). The number of amides is 1. The summed E-state index contributed by atoms with van der Waals surface area (Å²) in [6, 6.07) is 14.9. The number of hydrogen-bond acceptors (Lipinski definition) is 5. The molecule has 0 aliphatic carbocycles. The van der Waals surface area contributed by atoms with Gasteiger partial charge in [-0.05, 0) is 54.2 Å². The zero-order valence-corrected chi connectivity index (χ0v) is 15.9. The van der Waals surface area contributed by atoms with Crippen molar-refractivity contribution in [1.82, 2.24) is 20.1 Å². The number of rotatable bonds is 7. The van der Waals surface area contributed by atoms with Gasteiger partial charge >= 0.3 is 0 Å². The summed E-state index contributed by atoms with van der Waals surface area (Å²) in [5, 5.41) is 9.88. The summed E-state index contributed by atoms with van der Waals surface area (Å²) in [4.78, 5) is 12.4. The van der Waals surface area contributed by atoms with Crippen LogP contribution in [0.25, 0.3) is 11.4 Å². The maximum atomic E-state index is 12.4. The predicted molar refractivity (Wildman–Crippen MR) is 104 cm³/mol. The first-order valence-corrected chi connectivity index (χ1v) is 8.71. The van der Waals surface area contributed by atoms with E-state index in [4.69, 9.17) is 21.7 Å². The number of aromatic amines is 1. The minimum atomic E-state index is -0.155. The van der Waals surface area contributed by atoms with Crippen molar-refractivity contribution in [2.75, 3.05) is 14.2 Å². The Morgan fingerprint density at radius 3 is 2.26 bits per heavy atom. The summed E-state index contributed by atoms with van der Waals surface area (Å²) in [6.45, 7) is 0.499. The van der Waals surface area contributed by atoms with E-state index in [0.717, 1.165) is 22.6 Å². The molecule has 0 radical (unpaired) electrons. The predicted octanol–water partition coefficient (Wildman–Crippen LogP) is 2.94. The van der Waals surface area contributed by atoms with E-state index < -0.39 is 0 Å². The van der Waals surface area contributed by atoms with Crippen LogP contribution >= 0.6 is 12.2 Å². The van der Waals surface area contributed by atoms with E-state index in [1.807, 2.05) is 48.5 Å². The molecular weight excluding hydrogens is 364 g/mol. The molecule has 1 aromatic heterocycles. The molecule has 8 heteroatoms. The smallest absolute Gasteiger partial charge is 0.240 e. The molecule has 0 atom stereocenters. The fourth-order valence-electron chi connectivity index (χ4n) is 2.57. The maximum Gasteiger partial charge on any atom is 0.240 e. The number of hydrogen-bond donors (Lipinski definition) is 2. The van der Waals surface area contributed by atoms with Gasteiger partial charge in [0.2, 0.25) is 5.91 Å². The van der Waals surface area contributed by atoms with E-state index in [-0.39, 0.29) is 12.5 Å². The molecule has 1 heterocycles. The van der Waals surface area contributed by atoms with Gasteiger partial charge in [-0.1, -0.05) is 12.1 Å². The van der Waals surface area contributed by atoms with Crippen LogP contribution < -0.4 is 14.8 Å². The summed E-state index contributed by atoms with van der Waals surface area (Å²) in [6.07, 6.45) is 0. The van der Waals surface area contributed by atoms with Crippen molar-refractivity contribution in [2.45, 2.75) is 13.1 Å². The molecule has 3 rings (SSSR count). The quantitative estimate of drug-likeness (QED) is 0.612. The van der Waals surface area contributed by atoms with Crippen molar-refractivity contribution >= 4 is 18.1 Å². The molecule has 0 spiro atoms. The van der Waals surface area contributed by atoms with Gasteiger partial charge in [-0.15, -0.1) is 0 Å². The maximum absolute atomic E-state index is 12.4. The van der Waals surface area contributed by atoms with Gasteiger partial charge in [0.15, 0.2) is 10.6 Å². The van der Waals surface area contributed by atoms with Crippen LogP contribution in [0.3, 0.4) is 0 Å². The fourth-order valence-corrected chi connectivity index (χ4v) is 2.77. The van der Waals surface area contributed by atoms with E-state index in [1.165, 1.54) is 0 Å². The molecule has 27 heavy (non-hydrogen) atoms. The van der Waals surface area contributed by atoms with Gasteiger partial charge in [0.1, 0.15) is 18.0 Å². The number of nitrogens with one attached hydrogen (secondary N) is 2. The number of carbonyl (C=O) groups is 1. The molecule has 0 unspecified atom stereocenters. The molecule has 1 amide bonds. The number of methoxy groups -OCH3 is 2. The molecule has 3 aromatic rings. The van der Waals surface area contributed by atoms with Gasteiger partial charge < -0.3 is 14.8 Å². The van der Waals surface area contributed by atoms with E-state index in [0.29, 0.717) is 17.1 Å². The van der Waals surface area contributed by atoms with Gasteiger partial charge in [0.25, 0.3) is 0 Å². The van der Waals surface area contributed by atoms with Gasteiger partial charge in [-0.2, -0.15) is 5.10 Å². The first-order chi connectivity index (χ1) is 13.1. The second-order valence-electron chi connectivity index (χ2n) is 5.79. The molecule has 0 bridgehead atoms. The first kappa shape index (κ1) is 18.7. The molecule has 2 N–H and O–H groups in total. The largest absolute Gasteiger partial charge is 0.497 e. The second-order valence-corrected chi connectivity index (χ2v) is 6.18. The first-order valence-electron chi connectivity index (χ1n) is 8.30. The Kier molecular flexibility index (Phi) is 5.87. The lowest BCUT2D eigenvalue weighted by atomic mass is 10.2. The fraction of sp³-hybridized carbons (Fsp3) is 0.211. The van der Waals surface area contributed by atoms with E-state index in [2.05, 4.69) is 15.5 Å². The molecule has 0 aliphatic heterocycles. The van der Waals surface area contributed by atoms with E-state index in [9.17, 15) is 4.79 Å². The summed E-state index contributed by atoms with van der Waals surface area (Å²) in [5.41, 5.74) is 1.82. The zero-order valence-electron chi connectivity index (χ0n) is 15.1. The van der Waals surface area contributed by atoms with Gasteiger partial charge in [-0.3, -0.25) is 14.5 Å². The average Bonchev–Trinajstić information content (AvgIpc) is 3.07. The number of benzene rings is 2. The van der Waals surface area contributed by atoms with Crippen LogP contribution in [0.2, 0.25) is 0 Å². The highest BCUT2D eigenvalue weighted by Gasteiger charge is 2.12. The Morgan fingerprint density at radius 2 is 1.67 bits per heavy atom. The molecule has 0 fully saturated rings. The highest BCUT2D eigenvalue weighted by molar-refractivity contribution is 7.71. The molecule has 140 valence electrons. The van der Waals surface area contributed by atoms with Crippen LogP contribution in [0, 0.1) is 4.77 Å². The topological polar surface area (TPSA) is 81.2 Å². The molecule has 2 aromatic carbocycles. The van der Waals surface area contributed by atoms with Crippen molar-refractivity contribution in [3.63, 3.8) is 0 Å². The van der Waals surface area contributed by atoms with Gasteiger partial charge in [0, 0.05) is 12.1 Å². The third kappa shape index (κ3) is 4.53. The van der Waals surface area contributed by atoms with Crippen LogP contribution in [0.1, 0.15) is 5.56 Å². The number of ether oxygens (including phenoxy) is 2. The highest BCUT2D eigenvalue weighted by atomic mass is 32.1. The zero-order chi connectivity index (χ0) is 19.2.